The Balaban J connectivity index is 1.78. The van der Waals surface area contributed by atoms with E-state index in [1.54, 1.807) is 29.7 Å². The van der Waals surface area contributed by atoms with Crippen molar-refractivity contribution in [2.75, 3.05) is 0 Å². The van der Waals surface area contributed by atoms with Crippen LogP contribution >= 0.6 is 0 Å². The van der Waals surface area contributed by atoms with E-state index in [1.165, 1.54) is 0 Å². The number of nitrogens with zero attached hydrogens (tertiary/aromatic N) is 1. The summed E-state index contributed by atoms with van der Waals surface area (Å²) < 4.78 is 29.1. The van der Waals surface area contributed by atoms with E-state index in [0.29, 0.717) is 17.1 Å². The molecule has 1 fully saturated rings. The quantitative estimate of drug-likeness (QED) is 0.613. The third-order valence-corrected chi connectivity index (χ3v) is 8.05. The van der Waals surface area contributed by atoms with Gasteiger partial charge in [-0.05, 0) is 42.5 Å². The van der Waals surface area contributed by atoms with Crippen LogP contribution in [0.1, 0.15) is 18.4 Å². The third-order valence-electron chi connectivity index (χ3n) is 4.20. The first-order valence-corrected chi connectivity index (χ1v) is 9.82. The topological polar surface area (TPSA) is 48.2 Å². The second kappa shape index (κ2) is 5.63. The fourth-order valence-corrected chi connectivity index (χ4v) is 6.75. The van der Waals surface area contributed by atoms with Gasteiger partial charge in [-0.15, -0.1) is 0 Å². The Morgan fingerprint density at radius 3 is 2.48 bits per heavy atom. The molecule has 0 saturated heterocycles. The molecular formula is C16H19NO2S2. The highest BCUT2D eigenvalue weighted by Crippen LogP contribution is 2.45. The van der Waals surface area contributed by atoms with Gasteiger partial charge in [-0.3, -0.25) is 0 Å². The van der Waals surface area contributed by atoms with E-state index in [1.807, 2.05) is 6.92 Å². The summed E-state index contributed by atoms with van der Waals surface area (Å²) in [5.74, 6) is 1.07. The lowest BCUT2D eigenvalue weighted by atomic mass is 10.1. The maximum atomic E-state index is 12.5. The monoisotopic (exact) mass is 321 g/mol. The van der Waals surface area contributed by atoms with Gasteiger partial charge < -0.3 is 4.13 Å². The number of sulfonamides is 1. The van der Waals surface area contributed by atoms with Crippen molar-refractivity contribution in [3.8, 4) is 0 Å². The van der Waals surface area contributed by atoms with Gasteiger partial charge in [0, 0.05) is 12.3 Å². The lowest BCUT2D eigenvalue weighted by Gasteiger charge is -2.26. The van der Waals surface area contributed by atoms with Crippen LogP contribution in [-0.4, -0.2) is 13.7 Å². The van der Waals surface area contributed by atoms with Crippen molar-refractivity contribution in [3.05, 3.63) is 58.1 Å². The highest BCUT2D eigenvalue weighted by Gasteiger charge is 2.43. The summed E-state index contributed by atoms with van der Waals surface area (Å²) in [5, 5.41) is 2.02. The summed E-state index contributed by atoms with van der Waals surface area (Å²) in [5.41, 5.74) is 1.04. The van der Waals surface area contributed by atoms with Gasteiger partial charge in [0.25, 0.3) is 0 Å². The van der Waals surface area contributed by atoms with Gasteiger partial charge in [0.15, 0.2) is 0 Å². The van der Waals surface area contributed by atoms with Crippen molar-refractivity contribution in [2.45, 2.75) is 29.9 Å². The zero-order valence-corrected chi connectivity index (χ0v) is 13.6. The van der Waals surface area contributed by atoms with E-state index >= 15 is 0 Å². The second-order valence-corrected chi connectivity index (χ2v) is 9.35. The molecule has 1 aromatic carbocycles. The van der Waals surface area contributed by atoms with Crippen molar-refractivity contribution >= 4 is 21.1 Å². The lowest BCUT2D eigenvalue weighted by Crippen LogP contribution is -2.24. The zero-order valence-electron chi connectivity index (χ0n) is 12.0. The molecule has 3 nitrogen and oxygen atoms in total. The average molecular weight is 321 g/mol. The molecule has 2 aliphatic rings. The van der Waals surface area contributed by atoms with Crippen LogP contribution < -0.4 is 0 Å². The van der Waals surface area contributed by atoms with Gasteiger partial charge in [0.05, 0.1) is 10.3 Å². The second-order valence-electron chi connectivity index (χ2n) is 5.69. The van der Waals surface area contributed by atoms with E-state index in [4.69, 9.17) is 0 Å². The van der Waals surface area contributed by atoms with E-state index in [-0.39, 0.29) is 4.90 Å². The first-order chi connectivity index (χ1) is 9.99. The molecule has 1 saturated carbocycles. The third kappa shape index (κ3) is 2.96. The first kappa shape index (κ1) is 14.9. The van der Waals surface area contributed by atoms with Crippen LogP contribution in [0.2, 0.25) is 0 Å². The van der Waals surface area contributed by atoms with Crippen LogP contribution in [0.5, 0.6) is 0 Å². The molecule has 4 atom stereocenters. The Kier molecular flexibility index (Phi) is 3.99. The van der Waals surface area contributed by atoms with Crippen molar-refractivity contribution < 1.29 is 8.42 Å². The van der Waals surface area contributed by atoms with E-state index in [0.717, 1.165) is 18.4 Å². The minimum Gasteiger partial charge on any atom is -0.307 e. The number of fused-ring (bicyclic) bond motifs is 2. The molecule has 2 aliphatic carbocycles. The van der Waals surface area contributed by atoms with Crippen LogP contribution in [0.3, 0.4) is 0 Å². The predicted molar refractivity (Wildman–Crippen MR) is 88.4 cm³/mol. The molecule has 0 spiro atoms. The van der Waals surface area contributed by atoms with Crippen molar-refractivity contribution in [3.63, 3.8) is 0 Å². The van der Waals surface area contributed by atoms with Gasteiger partial charge in [-0.1, -0.05) is 36.4 Å². The Labute approximate surface area is 129 Å². The fraction of sp³-hybridized carbons (Fsp3) is 0.375. The molecule has 0 amide bonds. The summed E-state index contributed by atoms with van der Waals surface area (Å²) in [6.45, 7) is 5.75. The van der Waals surface area contributed by atoms with Gasteiger partial charge >= 0.3 is 0 Å². The SMILES string of the molecule is C=C[S+]([N-]S(=O)(=O)c1ccc(C)cc1)C1CC2C=CC1C2. The van der Waals surface area contributed by atoms with Crippen molar-refractivity contribution in [2.24, 2.45) is 11.8 Å². The van der Waals surface area contributed by atoms with Crippen LogP contribution in [0.15, 0.2) is 53.3 Å². The Morgan fingerprint density at radius 2 is 1.95 bits per heavy atom. The summed E-state index contributed by atoms with van der Waals surface area (Å²) >= 11 is -0.632. The number of rotatable bonds is 5. The maximum Gasteiger partial charge on any atom is 0.139 e. The highest BCUT2D eigenvalue weighted by molar-refractivity contribution is 8.16. The minimum absolute atomic E-state index is 0.270. The molecule has 112 valence electrons. The molecule has 2 bridgehead atoms. The number of benzene rings is 1. The Bertz CT molecular complexity index is 664. The van der Waals surface area contributed by atoms with Crippen molar-refractivity contribution in [1.82, 2.24) is 0 Å². The van der Waals surface area contributed by atoms with Crippen molar-refractivity contribution in [1.29, 1.82) is 0 Å². The van der Waals surface area contributed by atoms with E-state index < -0.39 is 21.1 Å². The van der Waals surface area contributed by atoms with Crippen LogP contribution in [0.4, 0.5) is 0 Å². The standard InChI is InChI=1S/C16H19NO2S2/c1-3-20(16-11-13-6-7-14(16)10-13)17-21(18,19)15-8-4-12(2)5-9-15/h3-9,13-14,16H,1,10-11H2,2H3. The number of allylic oxidation sites excluding steroid dienone is 2. The molecule has 21 heavy (non-hydrogen) atoms. The Morgan fingerprint density at radius 1 is 1.24 bits per heavy atom. The van der Waals surface area contributed by atoms with Crippen LogP contribution in [0, 0.1) is 18.8 Å². The first-order valence-electron chi connectivity index (χ1n) is 7.07. The highest BCUT2D eigenvalue weighted by atomic mass is 32.3. The van der Waals surface area contributed by atoms with Gasteiger partial charge in [0.2, 0.25) is 0 Å². The number of hydrogen-bond donors (Lipinski definition) is 0. The van der Waals surface area contributed by atoms with Crippen LogP contribution in [0.25, 0.3) is 4.13 Å². The smallest absolute Gasteiger partial charge is 0.139 e. The number of hydrogen-bond acceptors (Lipinski definition) is 2. The fourth-order valence-electron chi connectivity index (χ4n) is 3.08. The minimum atomic E-state index is -3.60. The molecule has 5 heteroatoms. The maximum absolute atomic E-state index is 12.5. The van der Waals surface area contributed by atoms with Gasteiger partial charge in [-0.25, -0.2) is 8.42 Å². The molecular weight excluding hydrogens is 302 g/mol. The zero-order chi connectivity index (χ0) is 15.0. The Hall–Kier alpha value is -1.04. The van der Waals surface area contributed by atoms with E-state index in [9.17, 15) is 8.42 Å². The summed E-state index contributed by atoms with van der Waals surface area (Å²) in [4.78, 5) is 0.270. The molecule has 0 aromatic heterocycles. The molecule has 0 radical (unpaired) electrons. The van der Waals surface area contributed by atoms with E-state index in [2.05, 4.69) is 22.9 Å². The van der Waals surface area contributed by atoms with Crippen LogP contribution in [-0.2, 0) is 21.1 Å². The molecule has 0 aliphatic heterocycles. The number of aryl methyl sites for hydroxylation is 1. The van der Waals surface area contributed by atoms with Gasteiger partial charge in [-0.2, -0.15) is 0 Å². The summed E-state index contributed by atoms with van der Waals surface area (Å²) in [6.07, 6.45) is 6.64. The lowest BCUT2D eigenvalue weighted by molar-refractivity contribution is 0.604. The average Bonchev–Trinajstić information content (AvgIpc) is 3.08. The molecule has 3 rings (SSSR count). The summed E-state index contributed by atoms with van der Waals surface area (Å²) in [7, 11) is -3.60. The van der Waals surface area contributed by atoms with Gasteiger partial charge in [0.1, 0.15) is 15.3 Å². The largest absolute Gasteiger partial charge is 0.307 e. The normalized spacial score (nSPS) is 28.7. The summed E-state index contributed by atoms with van der Waals surface area (Å²) in [6, 6.07) is 6.85. The molecule has 0 N–H and O–H groups in total. The molecule has 1 aromatic rings. The molecule has 4 unspecified atom stereocenters. The molecule has 0 heterocycles. The predicted octanol–water partition coefficient (Wildman–Crippen LogP) is 3.70.